The van der Waals surface area contributed by atoms with Crippen LogP contribution in [-0.4, -0.2) is 29.4 Å². The highest BCUT2D eigenvalue weighted by atomic mass is 16.2. The van der Waals surface area contributed by atoms with Gasteiger partial charge < -0.3 is 5.32 Å². The number of carbonyl (C=O) groups excluding carboxylic acids is 2. The van der Waals surface area contributed by atoms with E-state index in [-0.39, 0.29) is 24.5 Å². The van der Waals surface area contributed by atoms with Gasteiger partial charge in [-0.2, -0.15) is 0 Å². The molecule has 0 spiro atoms. The van der Waals surface area contributed by atoms with E-state index >= 15 is 0 Å². The zero-order valence-electron chi connectivity index (χ0n) is 7.04. The number of amides is 3. The molecule has 2 rings (SSSR count). The van der Waals surface area contributed by atoms with Crippen molar-refractivity contribution < 1.29 is 9.59 Å². The molecule has 12 heavy (non-hydrogen) atoms. The highest BCUT2D eigenvalue weighted by Crippen LogP contribution is 2.35. The molecule has 1 saturated heterocycles. The Morgan fingerprint density at radius 1 is 1.50 bits per heavy atom. The lowest BCUT2D eigenvalue weighted by Crippen LogP contribution is -2.39. The number of hydrogen-bond acceptors (Lipinski definition) is 2. The summed E-state index contributed by atoms with van der Waals surface area (Å²) >= 11 is 0. The van der Waals surface area contributed by atoms with Gasteiger partial charge in [0.1, 0.15) is 0 Å². The Morgan fingerprint density at radius 2 is 2.17 bits per heavy atom. The van der Waals surface area contributed by atoms with Crippen molar-refractivity contribution in [3.05, 3.63) is 0 Å². The van der Waals surface area contributed by atoms with E-state index < -0.39 is 0 Å². The summed E-state index contributed by atoms with van der Waals surface area (Å²) in [5.41, 5.74) is 0. The molecule has 1 aliphatic carbocycles. The first-order valence-corrected chi connectivity index (χ1v) is 4.30. The Morgan fingerprint density at radius 3 is 2.58 bits per heavy atom. The fraction of sp³-hybridized carbons (Fsp3) is 0.750. The van der Waals surface area contributed by atoms with Crippen molar-refractivity contribution in [1.29, 1.82) is 0 Å². The van der Waals surface area contributed by atoms with Crippen molar-refractivity contribution in [1.82, 2.24) is 10.2 Å². The summed E-state index contributed by atoms with van der Waals surface area (Å²) < 4.78 is 0. The number of hydrogen-bond donors (Lipinski definition) is 1. The molecule has 4 heteroatoms. The lowest BCUT2D eigenvalue weighted by atomic mass is 10.2. The van der Waals surface area contributed by atoms with E-state index in [1.54, 1.807) is 0 Å². The van der Waals surface area contributed by atoms with Gasteiger partial charge in [-0.05, 0) is 25.7 Å². The van der Waals surface area contributed by atoms with Gasteiger partial charge in [-0.1, -0.05) is 0 Å². The van der Waals surface area contributed by atoms with Crippen LogP contribution >= 0.6 is 0 Å². The minimum absolute atomic E-state index is 0.0839. The summed E-state index contributed by atoms with van der Waals surface area (Å²) in [6.45, 7) is 2.12. The minimum atomic E-state index is -0.223. The Hall–Kier alpha value is -1.06. The standard InChI is InChI=1S/C8H12N2O2/c1-5(6-2-3-6)10-7(11)4-9-8(10)12/h5-6H,2-4H2,1H3,(H,9,12). The lowest BCUT2D eigenvalue weighted by Gasteiger charge is -2.20. The van der Waals surface area contributed by atoms with Crippen LogP contribution in [-0.2, 0) is 4.79 Å². The summed E-state index contributed by atoms with van der Waals surface area (Å²) in [6.07, 6.45) is 2.30. The second-order valence-corrected chi connectivity index (χ2v) is 3.50. The Labute approximate surface area is 70.9 Å². The van der Waals surface area contributed by atoms with Crippen LogP contribution in [0.1, 0.15) is 19.8 Å². The van der Waals surface area contributed by atoms with Gasteiger partial charge in [0.2, 0.25) is 5.91 Å². The average molecular weight is 168 g/mol. The first-order valence-electron chi connectivity index (χ1n) is 4.30. The maximum Gasteiger partial charge on any atom is 0.324 e. The molecule has 1 saturated carbocycles. The van der Waals surface area contributed by atoms with Crippen LogP contribution in [0.3, 0.4) is 0 Å². The monoisotopic (exact) mass is 168 g/mol. The minimum Gasteiger partial charge on any atom is -0.329 e. The molecule has 1 atom stereocenters. The number of nitrogens with zero attached hydrogens (tertiary/aromatic N) is 1. The van der Waals surface area contributed by atoms with Crippen molar-refractivity contribution >= 4 is 11.9 Å². The van der Waals surface area contributed by atoms with Gasteiger partial charge in [-0.25, -0.2) is 4.79 Å². The van der Waals surface area contributed by atoms with Gasteiger partial charge in [0.15, 0.2) is 0 Å². The zero-order valence-corrected chi connectivity index (χ0v) is 7.04. The second-order valence-electron chi connectivity index (χ2n) is 3.50. The zero-order chi connectivity index (χ0) is 8.72. The number of urea groups is 1. The molecule has 1 unspecified atom stereocenters. The number of imide groups is 1. The molecule has 1 N–H and O–H groups in total. The van der Waals surface area contributed by atoms with E-state index in [1.165, 1.54) is 4.90 Å². The average Bonchev–Trinajstić information content (AvgIpc) is 2.79. The SMILES string of the molecule is CC(C1CC1)N1C(=O)CNC1=O. The van der Waals surface area contributed by atoms with Crippen LogP contribution in [0, 0.1) is 5.92 Å². The van der Waals surface area contributed by atoms with Gasteiger partial charge in [0.25, 0.3) is 0 Å². The first-order chi connectivity index (χ1) is 5.70. The second kappa shape index (κ2) is 2.47. The number of nitrogens with one attached hydrogen (secondary N) is 1. The molecule has 0 bridgehead atoms. The molecule has 1 heterocycles. The van der Waals surface area contributed by atoms with E-state index in [0.717, 1.165) is 12.8 Å². The van der Waals surface area contributed by atoms with Crippen LogP contribution in [0.25, 0.3) is 0 Å². The summed E-state index contributed by atoms with van der Waals surface area (Å²) in [6, 6.07) is -0.126. The quantitative estimate of drug-likeness (QED) is 0.604. The topological polar surface area (TPSA) is 49.4 Å². The molecular formula is C8H12N2O2. The first kappa shape index (κ1) is 7.58. The van der Waals surface area contributed by atoms with Crippen LogP contribution < -0.4 is 5.32 Å². The molecule has 4 nitrogen and oxygen atoms in total. The molecule has 0 aromatic heterocycles. The van der Waals surface area contributed by atoms with Crippen LogP contribution in [0.15, 0.2) is 0 Å². The summed E-state index contributed by atoms with van der Waals surface area (Å²) in [5.74, 6) is 0.470. The van der Waals surface area contributed by atoms with E-state index in [9.17, 15) is 9.59 Å². The van der Waals surface area contributed by atoms with Crippen LogP contribution in [0.5, 0.6) is 0 Å². The molecule has 0 radical (unpaired) electrons. The Balaban J connectivity index is 2.09. The third-order valence-corrected chi connectivity index (χ3v) is 2.59. The molecule has 0 aromatic carbocycles. The summed E-state index contributed by atoms with van der Waals surface area (Å²) in [5, 5.41) is 2.52. The van der Waals surface area contributed by atoms with Crippen molar-refractivity contribution in [2.24, 2.45) is 5.92 Å². The third kappa shape index (κ3) is 1.07. The number of rotatable bonds is 2. The van der Waals surface area contributed by atoms with E-state index in [2.05, 4.69) is 5.32 Å². The van der Waals surface area contributed by atoms with Crippen molar-refractivity contribution in [3.8, 4) is 0 Å². The third-order valence-electron chi connectivity index (χ3n) is 2.59. The van der Waals surface area contributed by atoms with E-state index in [0.29, 0.717) is 5.92 Å². The van der Waals surface area contributed by atoms with Gasteiger partial charge in [0.05, 0.1) is 6.54 Å². The highest BCUT2D eigenvalue weighted by Gasteiger charge is 2.40. The van der Waals surface area contributed by atoms with Gasteiger partial charge in [0, 0.05) is 6.04 Å². The maximum absolute atomic E-state index is 11.2. The van der Waals surface area contributed by atoms with Crippen LogP contribution in [0.4, 0.5) is 4.79 Å². The van der Waals surface area contributed by atoms with Gasteiger partial charge in [-0.15, -0.1) is 0 Å². The fourth-order valence-corrected chi connectivity index (χ4v) is 1.64. The molecule has 1 aliphatic heterocycles. The van der Waals surface area contributed by atoms with Crippen LogP contribution in [0.2, 0.25) is 0 Å². The van der Waals surface area contributed by atoms with Gasteiger partial charge in [-0.3, -0.25) is 9.69 Å². The predicted molar refractivity (Wildman–Crippen MR) is 42.4 cm³/mol. The molecule has 3 amide bonds. The maximum atomic E-state index is 11.2. The molecule has 2 aliphatic rings. The molecule has 66 valence electrons. The normalized spacial score (nSPS) is 25.9. The number of carbonyl (C=O) groups is 2. The Kier molecular flexibility index (Phi) is 1.56. The van der Waals surface area contributed by atoms with Crippen molar-refractivity contribution in [3.63, 3.8) is 0 Å². The van der Waals surface area contributed by atoms with E-state index in [4.69, 9.17) is 0 Å². The highest BCUT2D eigenvalue weighted by molar-refractivity contribution is 6.02. The predicted octanol–water partition coefficient (Wildman–Crippen LogP) is 0.337. The van der Waals surface area contributed by atoms with Crippen molar-refractivity contribution in [2.45, 2.75) is 25.8 Å². The van der Waals surface area contributed by atoms with E-state index in [1.807, 2.05) is 6.92 Å². The summed E-state index contributed by atoms with van der Waals surface area (Å²) in [4.78, 5) is 23.7. The molecular weight excluding hydrogens is 156 g/mol. The Bertz CT molecular complexity index is 219. The van der Waals surface area contributed by atoms with Crippen molar-refractivity contribution in [2.75, 3.05) is 6.54 Å². The van der Waals surface area contributed by atoms with Gasteiger partial charge >= 0.3 is 6.03 Å². The fourth-order valence-electron chi connectivity index (χ4n) is 1.64. The smallest absolute Gasteiger partial charge is 0.324 e. The summed E-state index contributed by atoms with van der Waals surface area (Å²) in [7, 11) is 0. The molecule has 0 aromatic rings. The molecule has 2 fully saturated rings. The largest absolute Gasteiger partial charge is 0.329 e. The lowest BCUT2D eigenvalue weighted by molar-refractivity contribution is -0.126.